The van der Waals surface area contributed by atoms with Crippen molar-refractivity contribution in [3.05, 3.63) is 35.4 Å². The molecule has 4 nitrogen and oxygen atoms in total. The lowest BCUT2D eigenvalue weighted by Crippen LogP contribution is -2.36. The molecule has 20 heavy (non-hydrogen) atoms. The number of carboxylic acid groups (broad SMARTS) is 1. The Kier molecular flexibility index (Phi) is 4.79. The first-order chi connectivity index (χ1) is 9.60. The molecule has 0 atom stereocenters. The molecule has 0 unspecified atom stereocenters. The molecule has 0 spiro atoms. The Morgan fingerprint density at radius 2 is 2.25 bits per heavy atom. The fourth-order valence-electron chi connectivity index (χ4n) is 2.42. The van der Waals surface area contributed by atoms with Crippen LogP contribution in [-0.2, 0) is 11.3 Å². The van der Waals surface area contributed by atoms with Crippen LogP contribution in [0.15, 0.2) is 24.3 Å². The highest BCUT2D eigenvalue weighted by atomic mass is 16.5. The van der Waals surface area contributed by atoms with Gasteiger partial charge in [-0.3, -0.25) is 4.90 Å². The van der Waals surface area contributed by atoms with E-state index in [2.05, 4.69) is 11.9 Å². The van der Waals surface area contributed by atoms with Gasteiger partial charge in [-0.1, -0.05) is 12.5 Å². The van der Waals surface area contributed by atoms with E-state index in [0.717, 1.165) is 18.2 Å². The Hall–Kier alpha value is -1.81. The van der Waals surface area contributed by atoms with Gasteiger partial charge in [0, 0.05) is 24.2 Å². The Balaban J connectivity index is 2.13. The maximum Gasteiger partial charge on any atom is 0.328 e. The fraction of sp³-hybridized carbons (Fsp3) is 0.438. The molecular formula is C16H21NO3. The van der Waals surface area contributed by atoms with Crippen molar-refractivity contribution in [1.29, 1.82) is 0 Å². The third kappa shape index (κ3) is 3.61. The van der Waals surface area contributed by atoms with Crippen LogP contribution in [-0.4, -0.2) is 36.2 Å². The van der Waals surface area contributed by atoms with E-state index in [9.17, 15) is 4.79 Å². The minimum Gasteiger partial charge on any atom is -0.496 e. The highest BCUT2D eigenvalue weighted by Crippen LogP contribution is 2.26. The molecule has 1 saturated carbocycles. The number of benzene rings is 1. The summed E-state index contributed by atoms with van der Waals surface area (Å²) in [7, 11) is 3.73. The zero-order valence-electron chi connectivity index (χ0n) is 12.0. The second kappa shape index (κ2) is 6.57. The van der Waals surface area contributed by atoms with E-state index >= 15 is 0 Å². The van der Waals surface area contributed by atoms with Gasteiger partial charge in [0.2, 0.25) is 0 Å². The van der Waals surface area contributed by atoms with Crippen LogP contribution in [0.4, 0.5) is 0 Å². The van der Waals surface area contributed by atoms with Crippen molar-refractivity contribution in [3.63, 3.8) is 0 Å². The molecule has 1 aromatic rings. The summed E-state index contributed by atoms with van der Waals surface area (Å²) >= 11 is 0. The monoisotopic (exact) mass is 275 g/mol. The van der Waals surface area contributed by atoms with E-state index in [-0.39, 0.29) is 0 Å². The maximum atomic E-state index is 10.6. The lowest BCUT2D eigenvalue weighted by Gasteiger charge is -2.34. The van der Waals surface area contributed by atoms with Gasteiger partial charge < -0.3 is 9.84 Å². The second-order valence-electron chi connectivity index (χ2n) is 5.25. The van der Waals surface area contributed by atoms with Gasteiger partial charge in [-0.15, -0.1) is 0 Å². The second-order valence-corrected chi connectivity index (χ2v) is 5.25. The van der Waals surface area contributed by atoms with Crippen molar-refractivity contribution >= 4 is 12.0 Å². The van der Waals surface area contributed by atoms with E-state index in [1.807, 2.05) is 18.2 Å². The summed E-state index contributed by atoms with van der Waals surface area (Å²) in [5.41, 5.74) is 1.97. The molecule has 1 aliphatic carbocycles. The molecule has 1 N–H and O–H groups in total. The number of methoxy groups -OCH3 is 1. The van der Waals surface area contributed by atoms with Crippen molar-refractivity contribution in [2.24, 2.45) is 0 Å². The summed E-state index contributed by atoms with van der Waals surface area (Å²) in [6.07, 6.45) is 6.59. The van der Waals surface area contributed by atoms with Crippen molar-refractivity contribution in [2.45, 2.75) is 31.8 Å². The van der Waals surface area contributed by atoms with Crippen molar-refractivity contribution in [2.75, 3.05) is 14.2 Å². The number of rotatable bonds is 6. The van der Waals surface area contributed by atoms with E-state index in [1.54, 1.807) is 13.2 Å². The lowest BCUT2D eigenvalue weighted by molar-refractivity contribution is -0.131. The number of carbonyl (C=O) groups is 1. The van der Waals surface area contributed by atoms with E-state index < -0.39 is 5.97 Å². The first-order valence-electron chi connectivity index (χ1n) is 6.88. The molecule has 0 heterocycles. The van der Waals surface area contributed by atoms with Gasteiger partial charge in [0.15, 0.2) is 0 Å². The van der Waals surface area contributed by atoms with Crippen molar-refractivity contribution in [3.8, 4) is 5.75 Å². The van der Waals surface area contributed by atoms with Gasteiger partial charge >= 0.3 is 5.97 Å². The number of aliphatic carboxylic acids is 1. The molecule has 0 aliphatic heterocycles. The number of nitrogens with zero attached hydrogens (tertiary/aromatic N) is 1. The molecule has 0 aromatic heterocycles. The summed E-state index contributed by atoms with van der Waals surface area (Å²) in [5.74, 6) is -0.262. The zero-order chi connectivity index (χ0) is 14.5. The van der Waals surface area contributed by atoms with Crippen LogP contribution in [0, 0.1) is 0 Å². The summed E-state index contributed by atoms with van der Waals surface area (Å²) in [6, 6.07) is 6.61. The minimum atomic E-state index is -0.955. The molecule has 108 valence electrons. The third-order valence-electron chi connectivity index (χ3n) is 3.83. The van der Waals surface area contributed by atoms with Crippen LogP contribution in [0.5, 0.6) is 5.75 Å². The topological polar surface area (TPSA) is 49.8 Å². The van der Waals surface area contributed by atoms with Gasteiger partial charge in [-0.05, 0) is 43.7 Å². The van der Waals surface area contributed by atoms with Gasteiger partial charge in [-0.2, -0.15) is 0 Å². The van der Waals surface area contributed by atoms with Gasteiger partial charge in [0.25, 0.3) is 0 Å². The van der Waals surface area contributed by atoms with E-state index in [0.29, 0.717) is 11.8 Å². The highest BCUT2D eigenvalue weighted by Gasteiger charge is 2.21. The normalized spacial score (nSPS) is 15.6. The molecule has 1 aliphatic rings. The molecule has 0 bridgehead atoms. The first kappa shape index (κ1) is 14.6. The molecule has 2 rings (SSSR count). The molecule has 0 amide bonds. The summed E-state index contributed by atoms with van der Waals surface area (Å²) in [5, 5.41) is 8.73. The van der Waals surface area contributed by atoms with Crippen molar-refractivity contribution in [1.82, 2.24) is 4.90 Å². The van der Waals surface area contributed by atoms with Crippen LogP contribution >= 0.6 is 0 Å². The van der Waals surface area contributed by atoms with Crippen LogP contribution < -0.4 is 4.74 Å². The molecule has 4 heteroatoms. The van der Waals surface area contributed by atoms with Crippen LogP contribution in [0.2, 0.25) is 0 Å². The fourth-order valence-corrected chi connectivity index (χ4v) is 2.42. The Labute approximate surface area is 119 Å². The number of carboxylic acids is 1. The molecule has 0 saturated heterocycles. The van der Waals surface area contributed by atoms with Gasteiger partial charge in [-0.25, -0.2) is 4.79 Å². The molecule has 1 fully saturated rings. The van der Waals surface area contributed by atoms with Gasteiger partial charge in [0.1, 0.15) is 5.75 Å². The Morgan fingerprint density at radius 1 is 1.50 bits per heavy atom. The van der Waals surface area contributed by atoms with Crippen molar-refractivity contribution < 1.29 is 14.6 Å². The number of hydrogen-bond acceptors (Lipinski definition) is 3. The smallest absolute Gasteiger partial charge is 0.328 e. The lowest BCUT2D eigenvalue weighted by atomic mass is 9.91. The molecule has 1 aromatic carbocycles. The van der Waals surface area contributed by atoms with E-state index in [1.165, 1.54) is 24.8 Å². The predicted molar refractivity (Wildman–Crippen MR) is 78.8 cm³/mol. The summed E-state index contributed by atoms with van der Waals surface area (Å²) in [4.78, 5) is 13.0. The summed E-state index contributed by atoms with van der Waals surface area (Å²) in [6.45, 7) is 0.878. The number of ether oxygens (including phenoxy) is 1. The quantitative estimate of drug-likeness (QED) is 0.811. The average molecular weight is 275 g/mol. The predicted octanol–water partition coefficient (Wildman–Crippen LogP) is 2.78. The summed E-state index contributed by atoms with van der Waals surface area (Å²) < 4.78 is 5.26. The average Bonchev–Trinajstić information content (AvgIpc) is 2.34. The number of hydrogen-bond donors (Lipinski definition) is 1. The van der Waals surface area contributed by atoms with Crippen LogP contribution in [0.25, 0.3) is 6.08 Å². The standard InChI is InChI=1S/C16H21NO3/c1-17(14-4-3-5-14)11-12-6-8-15(20-2)13(10-12)7-9-16(18)19/h6-10,14H,3-5,11H2,1-2H3,(H,18,19)/b9-7+. The molecular weight excluding hydrogens is 254 g/mol. The van der Waals surface area contributed by atoms with E-state index in [4.69, 9.17) is 9.84 Å². The molecule has 0 radical (unpaired) electrons. The largest absolute Gasteiger partial charge is 0.496 e. The Bertz CT molecular complexity index is 506. The highest BCUT2D eigenvalue weighted by molar-refractivity contribution is 5.85. The zero-order valence-corrected chi connectivity index (χ0v) is 12.0. The van der Waals surface area contributed by atoms with Gasteiger partial charge in [0.05, 0.1) is 7.11 Å². The SMILES string of the molecule is COc1ccc(CN(C)C2CCC2)cc1/C=C/C(=O)O. The minimum absolute atomic E-state index is 0.690. The van der Waals surface area contributed by atoms with Crippen LogP contribution in [0.3, 0.4) is 0 Å². The van der Waals surface area contributed by atoms with Crippen LogP contribution in [0.1, 0.15) is 30.4 Å². The third-order valence-corrected chi connectivity index (χ3v) is 3.83. The maximum absolute atomic E-state index is 10.6. The first-order valence-corrected chi connectivity index (χ1v) is 6.88. The Morgan fingerprint density at radius 3 is 2.80 bits per heavy atom.